The second kappa shape index (κ2) is 11.1. The highest BCUT2D eigenvalue weighted by Crippen LogP contribution is 2.44. The largest absolute Gasteiger partial charge is 0.370 e. The Labute approximate surface area is 242 Å². The second-order valence-electron chi connectivity index (χ2n) is 12.2. The third-order valence-corrected chi connectivity index (χ3v) is 10.3. The zero-order chi connectivity index (χ0) is 28.6. The summed E-state index contributed by atoms with van der Waals surface area (Å²) in [4.78, 5) is 18.4. The van der Waals surface area contributed by atoms with Gasteiger partial charge in [-0.15, -0.1) is 0 Å². The normalized spacial score (nSPS) is 18.7. The molecule has 3 fully saturated rings. The topological polar surface area (TPSA) is 109 Å². The zero-order valence-corrected chi connectivity index (χ0v) is 24.9. The molecular formula is C30H38N8O2S. The number of rotatable bonds is 9. The third-order valence-electron chi connectivity index (χ3n) is 8.26. The van der Waals surface area contributed by atoms with Crippen LogP contribution < -0.4 is 10.2 Å². The van der Waals surface area contributed by atoms with Crippen LogP contribution in [0.4, 0.5) is 17.3 Å². The lowest BCUT2D eigenvalue weighted by Gasteiger charge is -2.34. The van der Waals surface area contributed by atoms with Crippen LogP contribution in [-0.4, -0.2) is 76.4 Å². The predicted molar refractivity (Wildman–Crippen MR) is 160 cm³/mol. The maximum Gasteiger partial charge on any atom is 0.256 e. The van der Waals surface area contributed by atoms with Gasteiger partial charge in [0.2, 0.25) is 0 Å². The van der Waals surface area contributed by atoms with Crippen LogP contribution in [0.25, 0.3) is 11.4 Å². The van der Waals surface area contributed by atoms with Crippen LogP contribution in [-0.2, 0) is 10.0 Å². The number of hydrogen-bond donors (Lipinski definition) is 1. The molecule has 0 bridgehead atoms. The summed E-state index contributed by atoms with van der Waals surface area (Å²) in [5, 5.41) is 7.06. The molecule has 10 nitrogen and oxygen atoms in total. The molecule has 216 valence electrons. The van der Waals surface area contributed by atoms with Crippen LogP contribution in [0.15, 0.2) is 36.9 Å². The third kappa shape index (κ3) is 6.54. The molecule has 0 aromatic carbocycles. The highest BCUT2D eigenvalue weighted by atomic mass is 32.2. The van der Waals surface area contributed by atoms with Gasteiger partial charge < -0.3 is 15.1 Å². The lowest BCUT2D eigenvalue weighted by Crippen LogP contribution is -2.35. The van der Waals surface area contributed by atoms with E-state index in [0.717, 1.165) is 53.7 Å². The SMILES string of the molecule is CN(C)CCC1CCN(c2cc(Nc3ccnc(-c4cnn(S(=O)(=O)C5CC5)c4)n3)ncc2C#CC2(C)CC2)CC1. The standard InChI is InChI=1S/C30H38N8O2S/c1-30(12-13-30)11-6-23-19-32-28(18-26(23)37-16-9-22(10-17-37)8-15-36(2)3)34-27-7-14-31-29(35-27)24-20-33-38(21-24)41(39,40)25-4-5-25/h7,14,18-22,25H,4-5,8-10,12-13,15-17H2,1-3H3,(H,31,32,34,35). The first-order valence-electron chi connectivity index (χ1n) is 14.5. The molecule has 3 aliphatic rings. The van der Waals surface area contributed by atoms with Crippen molar-refractivity contribution in [1.82, 2.24) is 29.0 Å². The van der Waals surface area contributed by atoms with E-state index in [1.165, 1.54) is 31.7 Å². The fourth-order valence-corrected chi connectivity index (χ4v) is 6.56. The quantitative estimate of drug-likeness (QED) is 0.377. The minimum atomic E-state index is -3.45. The summed E-state index contributed by atoms with van der Waals surface area (Å²) < 4.78 is 26.1. The van der Waals surface area contributed by atoms with Crippen molar-refractivity contribution in [3.8, 4) is 23.2 Å². The average molecular weight is 575 g/mol. The Morgan fingerprint density at radius 1 is 1.10 bits per heavy atom. The van der Waals surface area contributed by atoms with E-state index in [1.54, 1.807) is 12.3 Å². The zero-order valence-electron chi connectivity index (χ0n) is 24.0. The average Bonchev–Trinajstić information content (AvgIpc) is 3.90. The van der Waals surface area contributed by atoms with Gasteiger partial charge in [-0.25, -0.2) is 23.4 Å². The van der Waals surface area contributed by atoms with E-state index in [9.17, 15) is 8.42 Å². The fraction of sp³-hybridized carbons (Fsp3) is 0.533. The Kier molecular flexibility index (Phi) is 7.47. The highest BCUT2D eigenvalue weighted by molar-refractivity contribution is 7.90. The highest BCUT2D eigenvalue weighted by Gasteiger charge is 2.38. The number of aromatic nitrogens is 5. The molecule has 3 aromatic heterocycles. The number of anilines is 3. The van der Waals surface area contributed by atoms with E-state index in [1.807, 2.05) is 6.20 Å². The molecule has 1 N–H and O–H groups in total. The maximum absolute atomic E-state index is 12.5. The lowest BCUT2D eigenvalue weighted by atomic mass is 9.93. The summed E-state index contributed by atoms with van der Waals surface area (Å²) in [5.41, 5.74) is 2.74. The van der Waals surface area contributed by atoms with Gasteiger partial charge in [0.1, 0.15) is 11.6 Å². The molecule has 4 heterocycles. The molecule has 2 aliphatic carbocycles. The van der Waals surface area contributed by atoms with E-state index in [4.69, 9.17) is 0 Å². The predicted octanol–water partition coefficient (Wildman–Crippen LogP) is 4.14. The second-order valence-corrected chi connectivity index (χ2v) is 14.2. The van der Waals surface area contributed by atoms with Gasteiger partial charge in [0.15, 0.2) is 5.82 Å². The first-order chi connectivity index (χ1) is 19.7. The van der Waals surface area contributed by atoms with Crippen LogP contribution in [0.2, 0.25) is 0 Å². The smallest absolute Gasteiger partial charge is 0.256 e. The minimum absolute atomic E-state index is 0.135. The number of nitrogens with one attached hydrogen (secondary N) is 1. The monoisotopic (exact) mass is 574 g/mol. The van der Waals surface area contributed by atoms with E-state index in [-0.39, 0.29) is 10.7 Å². The van der Waals surface area contributed by atoms with Gasteiger partial charge in [-0.3, -0.25) is 0 Å². The van der Waals surface area contributed by atoms with Gasteiger partial charge >= 0.3 is 0 Å². The number of nitrogens with zero attached hydrogens (tertiary/aromatic N) is 7. The van der Waals surface area contributed by atoms with E-state index >= 15 is 0 Å². The Hall–Kier alpha value is -3.49. The Balaban J connectivity index is 1.21. The van der Waals surface area contributed by atoms with Crippen molar-refractivity contribution >= 4 is 27.3 Å². The Morgan fingerprint density at radius 2 is 1.88 bits per heavy atom. The van der Waals surface area contributed by atoms with Crippen molar-refractivity contribution in [2.45, 2.75) is 57.1 Å². The van der Waals surface area contributed by atoms with Crippen molar-refractivity contribution < 1.29 is 8.42 Å². The molecule has 0 radical (unpaired) electrons. The summed E-state index contributed by atoms with van der Waals surface area (Å²) >= 11 is 0. The molecule has 0 atom stereocenters. The lowest BCUT2D eigenvalue weighted by molar-refractivity contribution is 0.313. The van der Waals surface area contributed by atoms with E-state index in [0.29, 0.717) is 35.9 Å². The Morgan fingerprint density at radius 3 is 2.59 bits per heavy atom. The number of hydrogen-bond acceptors (Lipinski definition) is 9. The summed E-state index contributed by atoms with van der Waals surface area (Å²) in [6, 6.07) is 3.84. The van der Waals surface area contributed by atoms with Crippen molar-refractivity contribution in [3.63, 3.8) is 0 Å². The first-order valence-corrected chi connectivity index (χ1v) is 16.0. The van der Waals surface area contributed by atoms with Crippen LogP contribution in [0.5, 0.6) is 0 Å². The van der Waals surface area contributed by atoms with E-state index < -0.39 is 10.0 Å². The van der Waals surface area contributed by atoms with Gasteiger partial charge in [-0.05, 0) is 84.5 Å². The number of pyridine rings is 1. The molecule has 0 spiro atoms. The summed E-state index contributed by atoms with van der Waals surface area (Å²) in [7, 11) is 0.830. The molecule has 0 amide bonds. The molecule has 2 saturated carbocycles. The van der Waals surface area contributed by atoms with Crippen LogP contribution in [0.1, 0.15) is 57.4 Å². The molecule has 1 saturated heterocycles. The summed E-state index contributed by atoms with van der Waals surface area (Å²) in [6.45, 7) is 5.34. The summed E-state index contributed by atoms with van der Waals surface area (Å²) in [6.07, 6.45) is 13.7. The van der Waals surface area contributed by atoms with Gasteiger partial charge in [-0.2, -0.15) is 9.19 Å². The molecular weight excluding hydrogens is 536 g/mol. The van der Waals surface area contributed by atoms with Crippen molar-refractivity contribution in [2.24, 2.45) is 11.3 Å². The first kappa shape index (κ1) is 27.7. The van der Waals surface area contributed by atoms with Gasteiger partial charge in [-0.1, -0.05) is 11.8 Å². The van der Waals surface area contributed by atoms with Gasteiger partial charge in [0, 0.05) is 37.0 Å². The molecule has 3 aromatic rings. The molecule has 11 heteroatoms. The summed E-state index contributed by atoms with van der Waals surface area (Å²) in [5.74, 6) is 9.30. The van der Waals surface area contributed by atoms with Gasteiger partial charge in [0.25, 0.3) is 10.0 Å². The van der Waals surface area contributed by atoms with Crippen LogP contribution >= 0.6 is 0 Å². The minimum Gasteiger partial charge on any atom is -0.370 e. The van der Waals surface area contributed by atoms with Crippen molar-refractivity contribution in [1.29, 1.82) is 0 Å². The van der Waals surface area contributed by atoms with E-state index in [2.05, 4.69) is 74.1 Å². The molecule has 6 rings (SSSR count). The van der Waals surface area contributed by atoms with Crippen molar-refractivity contribution in [2.75, 3.05) is 43.9 Å². The molecule has 0 unspecified atom stereocenters. The maximum atomic E-state index is 12.5. The number of piperidine rings is 1. The fourth-order valence-electron chi connectivity index (χ4n) is 5.08. The van der Waals surface area contributed by atoms with Gasteiger partial charge in [0.05, 0.1) is 34.5 Å². The molecule has 1 aliphatic heterocycles. The van der Waals surface area contributed by atoms with Crippen molar-refractivity contribution in [3.05, 3.63) is 42.5 Å². The van der Waals surface area contributed by atoms with Crippen LogP contribution in [0.3, 0.4) is 0 Å². The Bertz CT molecular complexity index is 1570. The van der Waals surface area contributed by atoms with Crippen LogP contribution in [0, 0.1) is 23.2 Å². The molecule has 41 heavy (non-hydrogen) atoms.